The Bertz CT molecular complexity index is 548. The molecule has 1 aliphatic heterocycles. The Balaban J connectivity index is 0.00000288. The number of rotatable bonds is 6. The summed E-state index contributed by atoms with van der Waals surface area (Å²) in [5.74, 6) is -0.228. The van der Waals surface area contributed by atoms with Gasteiger partial charge in [-0.25, -0.2) is 4.39 Å². The van der Waals surface area contributed by atoms with Crippen LogP contribution in [0.2, 0.25) is 0 Å². The Morgan fingerprint density at radius 2 is 2.12 bits per heavy atom. The zero-order chi connectivity index (χ0) is 16.9. The van der Waals surface area contributed by atoms with Crippen molar-refractivity contribution < 1.29 is 13.9 Å². The van der Waals surface area contributed by atoms with E-state index in [2.05, 4.69) is 26.6 Å². The molecule has 0 saturated carbocycles. The number of hydrogen-bond acceptors (Lipinski definition) is 3. The fraction of sp³-hybridized carbons (Fsp3) is 0.588. The molecule has 1 heterocycles. The average molecular weight is 424 g/mol. The summed E-state index contributed by atoms with van der Waals surface area (Å²) in [4.78, 5) is 12.7. The molecule has 2 N–H and O–H groups in total. The maximum atomic E-state index is 13.3. The molecule has 1 aromatic rings. The van der Waals surface area contributed by atoms with E-state index in [-0.39, 0.29) is 30.2 Å². The molecule has 24 heavy (non-hydrogen) atoms. The molecule has 0 spiro atoms. The van der Waals surface area contributed by atoms with E-state index in [4.69, 9.17) is 4.74 Å². The highest BCUT2D eigenvalue weighted by molar-refractivity contribution is 9.10. The molecule has 1 unspecified atom stereocenters. The van der Waals surface area contributed by atoms with Crippen molar-refractivity contribution in [3.8, 4) is 0 Å². The molecule has 0 bridgehead atoms. The summed E-state index contributed by atoms with van der Waals surface area (Å²) in [6.07, 6.45) is 2.22. The molecule has 1 fully saturated rings. The number of piperidine rings is 1. The molecule has 7 heteroatoms. The largest absolute Gasteiger partial charge is 0.384 e. The minimum atomic E-state index is -0.447. The number of carbonyl (C=O) groups excluding carboxylic acids is 1. The smallest absolute Gasteiger partial charge is 0.228 e. The number of carbonyl (C=O) groups is 1. The molecule has 136 valence electrons. The highest BCUT2D eigenvalue weighted by atomic mass is 79.9. The SMILES string of the molecule is COCC1(C(=O)NC(C)Cc2ccc(F)c(Br)c2)CCNCC1.Cl. The second-order valence-corrected chi connectivity index (χ2v) is 7.14. The van der Waals surface area contributed by atoms with Crippen LogP contribution >= 0.6 is 28.3 Å². The van der Waals surface area contributed by atoms with Gasteiger partial charge < -0.3 is 15.4 Å². The van der Waals surface area contributed by atoms with Crippen molar-refractivity contribution in [1.82, 2.24) is 10.6 Å². The van der Waals surface area contributed by atoms with Gasteiger partial charge in [0, 0.05) is 13.2 Å². The first-order valence-corrected chi connectivity index (χ1v) is 8.71. The molecule has 0 radical (unpaired) electrons. The standard InChI is InChI=1S/C17H24BrFN2O2.ClH/c1-12(9-13-3-4-15(19)14(18)10-13)21-16(22)17(11-23-2)5-7-20-8-6-17;/h3-4,10,12,20H,5-9,11H2,1-2H3,(H,21,22);1H. The summed E-state index contributed by atoms with van der Waals surface area (Å²) < 4.78 is 19.0. The topological polar surface area (TPSA) is 50.4 Å². The fourth-order valence-electron chi connectivity index (χ4n) is 3.07. The number of methoxy groups -OCH3 is 1. The van der Waals surface area contributed by atoms with Crippen LogP contribution < -0.4 is 10.6 Å². The van der Waals surface area contributed by atoms with E-state index < -0.39 is 5.41 Å². The normalized spacial score (nSPS) is 17.7. The molecule has 4 nitrogen and oxygen atoms in total. The van der Waals surface area contributed by atoms with Gasteiger partial charge in [-0.15, -0.1) is 12.4 Å². The molecule has 1 amide bonds. The first-order valence-electron chi connectivity index (χ1n) is 7.91. The third-order valence-corrected chi connectivity index (χ3v) is 4.97. The molecule has 2 rings (SSSR count). The van der Waals surface area contributed by atoms with E-state index in [0.717, 1.165) is 31.5 Å². The second-order valence-electron chi connectivity index (χ2n) is 6.29. The van der Waals surface area contributed by atoms with Gasteiger partial charge in [0.2, 0.25) is 5.91 Å². The number of ether oxygens (including phenoxy) is 1. The number of nitrogens with one attached hydrogen (secondary N) is 2. The lowest BCUT2D eigenvalue weighted by Gasteiger charge is -2.36. The van der Waals surface area contributed by atoms with Gasteiger partial charge in [0.25, 0.3) is 0 Å². The van der Waals surface area contributed by atoms with Crippen molar-refractivity contribution in [3.05, 3.63) is 34.1 Å². The van der Waals surface area contributed by atoms with Crippen LogP contribution in [0.15, 0.2) is 22.7 Å². The number of amides is 1. The van der Waals surface area contributed by atoms with E-state index in [1.165, 1.54) is 6.07 Å². The lowest BCUT2D eigenvalue weighted by Crippen LogP contribution is -2.52. The predicted octanol–water partition coefficient (Wildman–Crippen LogP) is 3.07. The number of halogens is 3. The first-order chi connectivity index (χ1) is 11.0. The Morgan fingerprint density at radius 1 is 1.46 bits per heavy atom. The van der Waals surface area contributed by atoms with Crippen LogP contribution in [-0.4, -0.2) is 38.8 Å². The molecular formula is C17H25BrClFN2O2. The van der Waals surface area contributed by atoms with E-state index in [1.54, 1.807) is 19.2 Å². The minimum absolute atomic E-state index is 0. The van der Waals surface area contributed by atoms with Crippen LogP contribution in [0, 0.1) is 11.2 Å². The van der Waals surface area contributed by atoms with Crippen molar-refractivity contribution in [2.75, 3.05) is 26.8 Å². The molecule has 1 aromatic carbocycles. The number of hydrogen-bond donors (Lipinski definition) is 2. The van der Waals surface area contributed by atoms with Crippen molar-refractivity contribution in [1.29, 1.82) is 0 Å². The van der Waals surface area contributed by atoms with E-state index >= 15 is 0 Å². The van der Waals surface area contributed by atoms with Gasteiger partial charge in [0.15, 0.2) is 0 Å². The molecule has 1 aliphatic rings. The van der Waals surface area contributed by atoms with Gasteiger partial charge in [-0.2, -0.15) is 0 Å². The van der Waals surface area contributed by atoms with Gasteiger partial charge in [0.05, 0.1) is 16.5 Å². The summed E-state index contributed by atoms with van der Waals surface area (Å²) >= 11 is 3.19. The van der Waals surface area contributed by atoms with Gasteiger partial charge in [-0.1, -0.05) is 6.07 Å². The summed E-state index contributed by atoms with van der Waals surface area (Å²) in [6, 6.07) is 4.92. The first kappa shape index (κ1) is 21.4. The third kappa shape index (κ3) is 5.41. The Hall–Kier alpha value is -0.690. The molecular weight excluding hydrogens is 399 g/mol. The zero-order valence-electron chi connectivity index (χ0n) is 14.0. The predicted molar refractivity (Wildman–Crippen MR) is 99.1 cm³/mol. The minimum Gasteiger partial charge on any atom is -0.384 e. The van der Waals surface area contributed by atoms with Crippen LogP contribution in [0.3, 0.4) is 0 Å². The Morgan fingerprint density at radius 3 is 2.71 bits per heavy atom. The van der Waals surface area contributed by atoms with Crippen LogP contribution in [0.1, 0.15) is 25.3 Å². The summed E-state index contributed by atoms with van der Waals surface area (Å²) in [5.41, 5.74) is 0.537. The average Bonchev–Trinajstić information content (AvgIpc) is 2.52. The molecule has 1 atom stereocenters. The number of benzene rings is 1. The molecule has 1 saturated heterocycles. The van der Waals surface area contributed by atoms with Crippen molar-refractivity contribution >= 4 is 34.2 Å². The zero-order valence-corrected chi connectivity index (χ0v) is 16.4. The maximum Gasteiger partial charge on any atom is 0.228 e. The molecule has 0 aliphatic carbocycles. The van der Waals surface area contributed by atoms with E-state index in [9.17, 15) is 9.18 Å². The van der Waals surface area contributed by atoms with Crippen LogP contribution in [0.25, 0.3) is 0 Å². The van der Waals surface area contributed by atoms with Crippen LogP contribution in [0.5, 0.6) is 0 Å². The second kappa shape index (κ2) is 9.70. The van der Waals surface area contributed by atoms with Gasteiger partial charge in [0.1, 0.15) is 5.82 Å². The van der Waals surface area contributed by atoms with E-state index in [0.29, 0.717) is 17.5 Å². The summed E-state index contributed by atoms with van der Waals surface area (Å²) in [7, 11) is 1.64. The lowest BCUT2D eigenvalue weighted by molar-refractivity contribution is -0.136. The molecule has 0 aromatic heterocycles. The Labute approximate surface area is 157 Å². The van der Waals surface area contributed by atoms with Gasteiger partial charge >= 0.3 is 0 Å². The van der Waals surface area contributed by atoms with Crippen molar-refractivity contribution in [3.63, 3.8) is 0 Å². The van der Waals surface area contributed by atoms with Gasteiger partial charge in [-0.05, 0) is 72.9 Å². The lowest BCUT2D eigenvalue weighted by atomic mass is 9.78. The van der Waals surface area contributed by atoms with Crippen molar-refractivity contribution in [2.24, 2.45) is 5.41 Å². The summed E-state index contributed by atoms with van der Waals surface area (Å²) in [6.45, 7) is 4.07. The third-order valence-electron chi connectivity index (χ3n) is 4.37. The van der Waals surface area contributed by atoms with Crippen LogP contribution in [0.4, 0.5) is 4.39 Å². The van der Waals surface area contributed by atoms with Crippen LogP contribution in [-0.2, 0) is 16.0 Å². The van der Waals surface area contributed by atoms with Gasteiger partial charge in [-0.3, -0.25) is 4.79 Å². The summed E-state index contributed by atoms with van der Waals surface area (Å²) in [5, 5.41) is 6.38. The highest BCUT2D eigenvalue weighted by Gasteiger charge is 2.39. The highest BCUT2D eigenvalue weighted by Crippen LogP contribution is 2.29. The van der Waals surface area contributed by atoms with Crippen molar-refractivity contribution in [2.45, 2.75) is 32.2 Å². The Kier molecular flexibility index (Phi) is 8.63. The maximum absolute atomic E-state index is 13.3. The monoisotopic (exact) mass is 422 g/mol. The van der Waals surface area contributed by atoms with E-state index in [1.807, 2.05) is 6.92 Å². The quantitative estimate of drug-likeness (QED) is 0.739. The fourth-order valence-corrected chi connectivity index (χ4v) is 3.49.